The molecule has 2 aromatic carbocycles. The summed E-state index contributed by atoms with van der Waals surface area (Å²) in [6.45, 7) is 3.91. The molecule has 0 radical (unpaired) electrons. The van der Waals surface area contributed by atoms with Crippen LogP contribution in [0.1, 0.15) is 36.5 Å². The van der Waals surface area contributed by atoms with E-state index < -0.39 is 52.3 Å². The van der Waals surface area contributed by atoms with Gasteiger partial charge in [-0.05, 0) is 56.2 Å². The standard InChI is InChI=1S/C28H29F7N4O3/c1-25(41)13-26(14-25)15-39(16-26)8-7-37-12-17(11-36)21-9-18(27(30,31)32)10-22(28(33,34)35)23(21)42-24(40)38(2)20-5-3-19(29)4-6-20/h3-6,9-12,41H,7-8,13-16,36H2,1-2H3/b17-11+,37-12?. The van der Waals surface area contributed by atoms with E-state index in [2.05, 4.69) is 9.89 Å². The van der Waals surface area contributed by atoms with Gasteiger partial charge in [0.15, 0.2) is 5.75 Å². The van der Waals surface area contributed by atoms with Gasteiger partial charge in [-0.25, -0.2) is 9.18 Å². The van der Waals surface area contributed by atoms with Crippen LogP contribution in [0.2, 0.25) is 0 Å². The maximum atomic E-state index is 14.0. The normalized spacial score (nSPS) is 18.6. The third kappa shape index (κ3) is 6.86. The van der Waals surface area contributed by atoms with Crippen LogP contribution in [0.4, 0.5) is 41.2 Å². The highest BCUT2D eigenvalue weighted by Crippen LogP contribution is 2.53. The molecule has 2 fully saturated rings. The lowest BCUT2D eigenvalue weighted by molar-refractivity contribution is -0.179. The molecule has 228 valence electrons. The lowest BCUT2D eigenvalue weighted by atomic mass is 9.56. The van der Waals surface area contributed by atoms with Crippen LogP contribution in [0.3, 0.4) is 0 Å². The first-order valence-electron chi connectivity index (χ1n) is 12.8. The molecule has 1 heterocycles. The van der Waals surface area contributed by atoms with Crippen LogP contribution in [0, 0.1) is 11.2 Å². The van der Waals surface area contributed by atoms with Crippen molar-refractivity contribution in [3.63, 3.8) is 0 Å². The number of alkyl halides is 6. The largest absolute Gasteiger partial charge is 0.420 e. The number of carbonyl (C=O) groups is 1. The minimum Gasteiger partial charge on any atom is -0.409 e. The second kappa shape index (κ2) is 11.2. The molecule has 0 bridgehead atoms. The Balaban J connectivity index is 1.60. The van der Waals surface area contributed by atoms with E-state index in [4.69, 9.17) is 10.5 Å². The van der Waals surface area contributed by atoms with E-state index in [9.17, 15) is 40.6 Å². The number of nitrogens with zero attached hydrogens (tertiary/aromatic N) is 3. The number of aliphatic hydroxyl groups is 1. The Bertz CT molecular complexity index is 1370. The number of anilines is 1. The van der Waals surface area contributed by atoms with Crippen molar-refractivity contribution in [3.8, 4) is 5.75 Å². The van der Waals surface area contributed by atoms with Crippen LogP contribution in [-0.2, 0) is 12.4 Å². The molecule has 0 unspecified atom stereocenters. The summed E-state index contributed by atoms with van der Waals surface area (Å²) in [7, 11) is 1.14. The average Bonchev–Trinajstić information content (AvgIpc) is 2.85. The maximum absolute atomic E-state index is 14.0. The molecule has 42 heavy (non-hydrogen) atoms. The highest BCUT2D eigenvalue weighted by atomic mass is 19.4. The Labute approximate surface area is 237 Å². The second-order valence-electron chi connectivity index (χ2n) is 11.0. The van der Waals surface area contributed by atoms with Crippen molar-refractivity contribution in [2.75, 3.05) is 38.1 Å². The van der Waals surface area contributed by atoms with Crippen molar-refractivity contribution in [2.24, 2.45) is 16.1 Å². The molecular formula is C28H29F7N4O3. The Morgan fingerprint density at radius 1 is 1.12 bits per heavy atom. The average molecular weight is 603 g/mol. The molecule has 1 saturated heterocycles. The van der Waals surface area contributed by atoms with Crippen molar-refractivity contribution in [1.82, 2.24) is 4.90 Å². The van der Waals surface area contributed by atoms with E-state index in [-0.39, 0.29) is 29.3 Å². The first-order chi connectivity index (χ1) is 19.4. The van der Waals surface area contributed by atoms with Crippen molar-refractivity contribution < 1.29 is 45.4 Å². The summed E-state index contributed by atoms with van der Waals surface area (Å²) >= 11 is 0. The number of amides is 1. The number of hydrogen-bond acceptors (Lipinski definition) is 6. The van der Waals surface area contributed by atoms with Gasteiger partial charge >= 0.3 is 18.4 Å². The molecular weight excluding hydrogens is 573 g/mol. The van der Waals surface area contributed by atoms with E-state index >= 15 is 0 Å². The predicted molar refractivity (Wildman–Crippen MR) is 142 cm³/mol. The Morgan fingerprint density at radius 2 is 1.74 bits per heavy atom. The quantitative estimate of drug-likeness (QED) is 0.313. The number of benzene rings is 2. The number of ether oxygens (including phenoxy) is 1. The number of rotatable bonds is 7. The van der Waals surface area contributed by atoms with Crippen molar-refractivity contribution in [1.29, 1.82) is 0 Å². The van der Waals surface area contributed by atoms with E-state index in [1.807, 2.05) is 0 Å². The number of halogens is 7. The highest BCUT2D eigenvalue weighted by molar-refractivity contribution is 6.11. The predicted octanol–water partition coefficient (Wildman–Crippen LogP) is 5.72. The molecule has 1 amide bonds. The van der Waals surface area contributed by atoms with Crippen LogP contribution in [0.25, 0.3) is 5.57 Å². The van der Waals surface area contributed by atoms with Gasteiger partial charge in [0.1, 0.15) is 5.82 Å². The Kier molecular flexibility index (Phi) is 8.35. The van der Waals surface area contributed by atoms with Crippen LogP contribution in [0.15, 0.2) is 47.6 Å². The number of likely N-dealkylation sites (tertiary alicyclic amines) is 1. The van der Waals surface area contributed by atoms with E-state index in [1.54, 1.807) is 6.92 Å². The SMILES string of the molecule is CN(C(=O)Oc1c(/C(C=NCCN2CC3(C2)CC(C)(O)C3)=C/N)cc(C(F)(F)F)cc1C(F)(F)F)c1ccc(F)cc1. The summed E-state index contributed by atoms with van der Waals surface area (Å²) in [6, 6.07) is 4.60. The lowest BCUT2D eigenvalue weighted by Crippen LogP contribution is -2.67. The molecule has 1 spiro atoms. The minimum absolute atomic E-state index is 0.0536. The third-order valence-electron chi connectivity index (χ3n) is 7.29. The monoisotopic (exact) mass is 602 g/mol. The molecule has 0 aromatic heterocycles. The van der Waals surface area contributed by atoms with Gasteiger partial charge in [-0.15, -0.1) is 0 Å². The highest BCUT2D eigenvalue weighted by Gasteiger charge is 2.56. The number of hydrogen-bond donors (Lipinski definition) is 2. The van der Waals surface area contributed by atoms with Crippen LogP contribution < -0.4 is 15.4 Å². The summed E-state index contributed by atoms with van der Waals surface area (Å²) in [5.74, 6) is -1.83. The van der Waals surface area contributed by atoms with Gasteiger partial charge < -0.3 is 20.5 Å². The molecule has 1 saturated carbocycles. The van der Waals surface area contributed by atoms with E-state index in [1.165, 1.54) is 12.1 Å². The van der Waals surface area contributed by atoms with E-state index in [0.717, 1.165) is 49.6 Å². The zero-order valence-corrected chi connectivity index (χ0v) is 22.7. The molecule has 2 aromatic rings. The minimum atomic E-state index is -5.35. The smallest absolute Gasteiger partial charge is 0.409 e. The van der Waals surface area contributed by atoms with E-state index in [0.29, 0.717) is 25.5 Å². The Hall–Kier alpha value is -3.65. The van der Waals surface area contributed by atoms with Gasteiger partial charge in [-0.1, -0.05) is 0 Å². The number of allylic oxidation sites excluding steroid dienone is 1. The fourth-order valence-electron chi connectivity index (χ4n) is 5.67. The molecule has 7 nitrogen and oxygen atoms in total. The van der Waals surface area contributed by atoms with Crippen LogP contribution >= 0.6 is 0 Å². The summed E-state index contributed by atoms with van der Waals surface area (Å²) < 4.78 is 101. The fraction of sp³-hybridized carbons (Fsp3) is 0.429. The van der Waals surface area contributed by atoms with Crippen LogP contribution in [-0.4, -0.2) is 61.1 Å². The fourth-order valence-corrected chi connectivity index (χ4v) is 5.67. The zero-order valence-electron chi connectivity index (χ0n) is 22.7. The first-order valence-corrected chi connectivity index (χ1v) is 12.8. The molecule has 4 rings (SSSR count). The van der Waals surface area contributed by atoms with Gasteiger partial charge in [0.25, 0.3) is 0 Å². The Morgan fingerprint density at radius 3 is 2.26 bits per heavy atom. The van der Waals surface area contributed by atoms with Gasteiger partial charge in [-0.2, -0.15) is 26.3 Å². The van der Waals surface area contributed by atoms with Crippen molar-refractivity contribution >= 4 is 23.6 Å². The van der Waals surface area contributed by atoms with Gasteiger partial charge in [0.05, 0.1) is 23.3 Å². The summed E-state index contributed by atoms with van der Waals surface area (Å²) in [4.78, 5) is 19.8. The van der Waals surface area contributed by atoms with Gasteiger partial charge in [-0.3, -0.25) is 9.89 Å². The van der Waals surface area contributed by atoms with Gasteiger partial charge in [0.2, 0.25) is 0 Å². The molecule has 0 atom stereocenters. The first kappa shape index (κ1) is 31.3. The topological polar surface area (TPSA) is 91.4 Å². The zero-order chi connectivity index (χ0) is 31.1. The molecule has 2 aliphatic rings. The second-order valence-corrected chi connectivity index (χ2v) is 11.0. The number of nitrogens with two attached hydrogens (primary N) is 1. The molecule has 1 aliphatic carbocycles. The van der Waals surface area contributed by atoms with Crippen molar-refractivity contribution in [2.45, 2.75) is 37.7 Å². The summed E-state index contributed by atoms with van der Waals surface area (Å²) in [5.41, 5.74) is 0.513. The summed E-state index contributed by atoms with van der Waals surface area (Å²) in [6.07, 6.45) is -8.71. The lowest BCUT2D eigenvalue weighted by Gasteiger charge is -2.61. The number of aliphatic imine (C=N–C) groups is 1. The number of carbonyl (C=O) groups excluding carboxylic acids is 1. The van der Waals surface area contributed by atoms with Gasteiger partial charge in [0, 0.05) is 61.3 Å². The van der Waals surface area contributed by atoms with Crippen molar-refractivity contribution in [3.05, 3.63) is 65.1 Å². The molecule has 1 aliphatic heterocycles. The van der Waals surface area contributed by atoms with Crippen LogP contribution in [0.5, 0.6) is 5.75 Å². The molecule has 3 N–H and O–H groups in total. The molecule has 14 heteroatoms. The third-order valence-corrected chi connectivity index (χ3v) is 7.29. The maximum Gasteiger partial charge on any atom is 0.420 e. The summed E-state index contributed by atoms with van der Waals surface area (Å²) in [5, 5.41) is 9.98.